The van der Waals surface area contributed by atoms with Crippen molar-refractivity contribution in [2.75, 3.05) is 0 Å². The third-order valence-electron chi connectivity index (χ3n) is 3.03. The van der Waals surface area contributed by atoms with E-state index in [4.69, 9.17) is 0 Å². The van der Waals surface area contributed by atoms with Gasteiger partial charge >= 0.3 is 0 Å². The third-order valence-corrected chi connectivity index (χ3v) is 3.03. The Kier molecular flexibility index (Phi) is 3.99. The molecular weight excluding hydrogens is 282 g/mol. The van der Waals surface area contributed by atoms with E-state index in [9.17, 15) is 19.5 Å². The summed E-state index contributed by atoms with van der Waals surface area (Å²) in [4.78, 5) is 35.8. The van der Waals surface area contributed by atoms with E-state index in [1.54, 1.807) is 18.2 Å². The zero-order valence-corrected chi connectivity index (χ0v) is 12.6. The number of carbonyl (C=O) groups excluding carboxylic acids is 3. The van der Waals surface area contributed by atoms with Crippen molar-refractivity contribution in [2.24, 2.45) is 0 Å². The van der Waals surface area contributed by atoms with Gasteiger partial charge in [0.1, 0.15) is 5.76 Å². The first-order valence-corrected chi connectivity index (χ1v) is 6.82. The van der Waals surface area contributed by atoms with Gasteiger partial charge in [0.2, 0.25) is 17.5 Å². The molecule has 1 amide bonds. The molecule has 1 aliphatic rings. The highest BCUT2D eigenvalue weighted by molar-refractivity contribution is 6.52. The van der Waals surface area contributed by atoms with Crippen LogP contribution in [0.3, 0.4) is 0 Å². The van der Waals surface area contributed by atoms with Crippen LogP contribution in [0.1, 0.15) is 36.7 Å². The molecule has 1 aliphatic carbocycles. The smallest absolute Gasteiger partial charge is 0.244 e. The summed E-state index contributed by atoms with van der Waals surface area (Å²) < 4.78 is 0. The summed E-state index contributed by atoms with van der Waals surface area (Å²) in [6.45, 7) is 5.46. The van der Waals surface area contributed by atoms with E-state index in [-0.39, 0.29) is 16.9 Å². The predicted molar refractivity (Wildman–Crippen MR) is 82.4 cm³/mol. The minimum Gasteiger partial charge on any atom is -0.507 e. The standard InChI is InChI=1S/C17H17NO4/c1-17(2,3)18-13(19)9-8-12-14(20)10-6-4-5-7-11(10)15(21)16(12)22/h4-9,20H,1-3H3,(H,18,19)/b9-8+. The third kappa shape index (κ3) is 3.14. The molecule has 22 heavy (non-hydrogen) atoms. The van der Waals surface area contributed by atoms with Crippen LogP contribution in [0, 0.1) is 0 Å². The largest absolute Gasteiger partial charge is 0.507 e. The van der Waals surface area contributed by atoms with Gasteiger partial charge in [-0.25, -0.2) is 0 Å². The molecule has 5 nitrogen and oxygen atoms in total. The van der Waals surface area contributed by atoms with Crippen LogP contribution in [-0.4, -0.2) is 28.1 Å². The second-order valence-corrected chi connectivity index (χ2v) is 6.04. The molecule has 2 rings (SSSR count). The number of hydrogen-bond donors (Lipinski definition) is 2. The molecular formula is C17H17NO4. The van der Waals surface area contributed by atoms with Crippen molar-refractivity contribution in [3.05, 3.63) is 53.1 Å². The van der Waals surface area contributed by atoms with Crippen LogP contribution in [-0.2, 0) is 9.59 Å². The second kappa shape index (κ2) is 5.60. The number of Topliss-reactive ketones (excluding diaryl/α,β-unsaturated/α-hetero) is 2. The average molecular weight is 299 g/mol. The number of nitrogens with one attached hydrogen (secondary N) is 1. The number of aliphatic hydroxyl groups excluding tert-OH is 1. The van der Waals surface area contributed by atoms with Gasteiger partial charge < -0.3 is 10.4 Å². The van der Waals surface area contributed by atoms with Crippen molar-refractivity contribution < 1.29 is 19.5 Å². The molecule has 0 saturated carbocycles. The number of benzene rings is 1. The number of allylic oxidation sites excluding steroid dienone is 2. The molecule has 114 valence electrons. The summed E-state index contributed by atoms with van der Waals surface area (Å²) in [6.07, 6.45) is 2.31. The van der Waals surface area contributed by atoms with Gasteiger partial charge in [0, 0.05) is 22.7 Å². The summed E-state index contributed by atoms with van der Waals surface area (Å²) in [5.74, 6) is -2.22. The SMILES string of the molecule is CC(C)(C)NC(=O)/C=C/C1=C(O)c2ccccc2C(=O)C1=O. The lowest BCUT2D eigenvalue weighted by Crippen LogP contribution is -2.39. The van der Waals surface area contributed by atoms with Crippen LogP contribution in [0.4, 0.5) is 0 Å². The van der Waals surface area contributed by atoms with Crippen molar-refractivity contribution in [3.63, 3.8) is 0 Å². The molecule has 1 aromatic carbocycles. The van der Waals surface area contributed by atoms with Gasteiger partial charge in [0.05, 0.1) is 5.57 Å². The Morgan fingerprint density at radius 2 is 1.68 bits per heavy atom. The lowest BCUT2D eigenvalue weighted by Gasteiger charge is -2.19. The van der Waals surface area contributed by atoms with Crippen LogP contribution in [0.2, 0.25) is 0 Å². The average Bonchev–Trinajstić information content (AvgIpc) is 2.43. The zero-order valence-electron chi connectivity index (χ0n) is 12.6. The Morgan fingerprint density at radius 1 is 1.09 bits per heavy atom. The predicted octanol–water partition coefficient (Wildman–Crippen LogP) is 2.19. The summed E-state index contributed by atoms with van der Waals surface area (Å²) in [5, 5.41) is 12.9. The van der Waals surface area contributed by atoms with Gasteiger partial charge in [-0.3, -0.25) is 14.4 Å². The maximum Gasteiger partial charge on any atom is 0.244 e. The fourth-order valence-electron chi connectivity index (χ4n) is 2.11. The van der Waals surface area contributed by atoms with Gasteiger partial charge in [-0.2, -0.15) is 0 Å². The number of hydrogen-bond acceptors (Lipinski definition) is 4. The quantitative estimate of drug-likeness (QED) is 0.647. The van der Waals surface area contributed by atoms with E-state index >= 15 is 0 Å². The van der Waals surface area contributed by atoms with Crippen molar-refractivity contribution in [1.82, 2.24) is 5.32 Å². The van der Waals surface area contributed by atoms with Crippen molar-refractivity contribution >= 4 is 23.2 Å². The lowest BCUT2D eigenvalue weighted by molar-refractivity contribution is -0.117. The summed E-state index contributed by atoms with van der Waals surface area (Å²) in [6, 6.07) is 6.32. The lowest BCUT2D eigenvalue weighted by atomic mass is 9.88. The topological polar surface area (TPSA) is 83.5 Å². The fourth-order valence-corrected chi connectivity index (χ4v) is 2.11. The number of rotatable bonds is 2. The number of ketones is 2. The number of carbonyl (C=O) groups is 3. The molecule has 0 radical (unpaired) electrons. The van der Waals surface area contributed by atoms with Crippen molar-refractivity contribution in [3.8, 4) is 0 Å². The Balaban J connectivity index is 2.37. The molecule has 1 aromatic rings. The van der Waals surface area contributed by atoms with Gasteiger partial charge in [-0.15, -0.1) is 0 Å². The van der Waals surface area contributed by atoms with Crippen LogP contribution in [0.5, 0.6) is 0 Å². The summed E-state index contributed by atoms with van der Waals surface area (Å²) in [5.41, 5.74) is -0.131. The van der Waals surface area contributed by atoms with Gasteiger partial charge in [-0.05, 0) is 26.8 Å². The fraction of sp³-hybridized carbons (Fsp3) is 0.235. The molecule has 0 atom stereocenters. The Labute approximate surface area is 128 Å². The van der Waals surface area contributed by atoms with Crippen LogP contribution >= 0.6 is 0 Å². The van der Waals surface area contributed by atoms with Crippen LogP contribution < -0.4 is 5.32 Å². The van der Waals surface area contributed by atoms with E-state index in [1.165, 1.54) is 12.1 Å². The van der Waals surface area contributed by atoms with Crippen LogP contribution in [0.15, 0.2) is 42.0 Å². The van der Waals surface area contributed by atoms with E-state index < -0.39 is 23.0 Å². The Hall–Kier alpha value is -2.69. The van der Waals surface area contributed by atoms with Gasteiger partial charge in [0.15, 0.2) is 0 Å². The molecule has 0 bridgehead atoms. The monoisotopic (exact) mass is 299 g/mol. The highest BCUT2D eigenvalue weighted by Crippen LogP contribution is 2.28. The molecule has 0 fully saturated rings. The normalized spacial score (nSPS) is 15.2. The summed E-state index contributed by atoms with van der Waals surface area (Å²) >= 11 is 0. The zero-order chi connectivity index (χ0) is 16.5. The molecule has 0 aromatic heterocycles. The van der Waals surface area contributed by atoms with Crippen molar-refractivity contribution in [2.45, 2.75) is 26.3 Å². The maximum absolute atomic E-state index is 12.0. The summed E-state index contributed by atoms with van der Waals surface area (Å²) in [7, 11) is 0. The minimum atomic E-state index is -0.823. The highest BCUT2D eigenvalue weighted by atomic mass is 16.3. The molecule has 0 spiro atoms. The second-order valence-electron chi connectivity index (χ2n) is 6.04. The van der Waals surface area contributed by atoms with E-state index in [2.05, 4.69) is 5.32 Å². The first-order valence-electron chi connectivity index (χ1n) is 6.82. The van der Waals surface area contributed by atoms with Crippen molar-refractivity contribution in [1.29, 1.82) is 0 Å². The molecule has 0 unspecified atom stereocenters. The minimum absolute atomic E-state index is 0.168. The van der Waals surface area contributed by atoms with Crippen LogP contribution in [0.25, 0.3) is 5.76 Å². The molecule has 0 aliphatic heterocycles. The Morgan fingerprint density at radius 3 is 2.27 bits per heavy atom. The Bertz CT molecular complexity index is 720. The number of fused-ring (bicyclic) bond motifs is 1. The first-order chi connectivity index (χ1) is 10.2. The molecule has 0 heterocycles. The van der Waals surface area contributed by atoms with E-state index in [0.29, 0.717) is 5.56 Å². The van der Waals surface area contributed by atoms with E-state index in [1.807, 2.05) is 20.8 Å². The number of aliphatic hydroxyl groups is 1. The highest BCUT2D eigenvalue weighted by Gasteiger charge is 2.31. The van der Waals surface area contributed by atoms with Gasteiger partial charge in [-0.1, -0.05) is 24.3 Å². The van der Waals surface area contributed by atoms with Gasteiger partial charge in [0.25, 0.3) is 0 Å². The van der Waals surface area contributed by atoms with E-state index in [0.717, 1.165) is 6.08 Å². The molecule has 0 saturated heterocycles. The first kappa shape index (κ1) is 15.7. The molecule has 2 N–H and O–H groups in total. The maximum atomic E-state index is 12.0. The molecule has 5 heteroatoms. The number of amides is 1.